The Kier molecular flexibility index (Phi) is 6.14. The van der Waals surface area contributed by atoms with Gasteiger partial charge in [0, 0.05) is 39.1 Å². The van der Waals surface area contributed by atoms with E-state index in [-0.39, 0.29) is 30.1 Å². The molecule has 3 amide bonds. The Morgan fingerprint density at radius 2 is 1.92 bits per heavy atom. The van der Waals surface area contributed by atoms with E-state index in [1.54, 1.807) is 6.92 Å². The van der Waals surface area contributed by atoms with E-state index in [1.165, 1.54) is 6.42 Å². The van der Waals surface area contributed by atoms with Gasteiger partial charge in [-0.1, -0.05) is 0 Å². The molecule has 1 saturated carbocycles. The van der Waals surface area contributed by atoms with Crippen molar-refractivity contribution in [2.24, 2.45) is 0 Å². The molecule has 8 heteroatoms. The maximum Gasteiger partial charge on any atom is 0.315 e. The van der Waals surface area contributed by atoms with Gasteiger partial charge < -0.3 is 25.4 Å². The molecule has 0 aromatic carbocycles. The van der Waals surface area contributed by atoms with Crippen molar-refractivity contribution in [1.29, 1.82) is 0 Å². The molecule has 3 unspecified atom stereocenters. The normalized spacial score (nSPS) is 31.3. The minimum Gasteiger partial charge on any atom is -0.388 e. The molecule has 0 radical (unpaired) electrons. The second kappa shape index (κ2) is 8.33. The SMILES string of the molecule is CC(=O)N1CCCN(CC2OCC(NC(=O)NC3CCC3)C2O)CC1. The predicted octanol–water partition coefficient (Wildman–Crippen LogP) is -0.479. The molecule has 3 fully saturated rings. The lowest BCUT2D eigenvalue weighted by Crippen LogP contribution is -2.52. The molecule has 8 nitrogen and oxygen atoms in total. The van der Waals surface area contributed by atoms with Crippen LogP contribution in [0.5, 0.6) is 0 Å². The van der Waals surface area contributed by atoms with Gasteiger partial charge in [0.25, 0.3) is 0 Å². The van der Waals surface area contributed by atoms with Crippen LogP contribution >= 0.6 is 0 Å². The second-order valence-electron chi connectivity index (χ2n) is 7.37. The zero-order valence-corrected chi connectivity index (χ0v) is 14.9. The minimum absolute atomic E-state index is 0.112. The molecule has 3 atom stereocenters. The van der Waals surface area contributed by atoms with Crippen LogP contribution in [0.4, 0.5) is 4.79 Å². The highest BCUT2D eigenvalue weighted by molar-refractivity contribution is 5.74. The monoisotopic (exact) mass is 354 g/mol. The van der Waals surface area contributed by atoms with Crippen LogP contribution in [0, 0.1) is 0 Å². The molecule has 2 saturated heterocycles. The Morgan fingerprint density at radius 1 is 1.12 bits per heavy atom. The third-order valence-corrected chi connectivity index (χ3v) is 5.51. The zero-order chi connectivity index (χ0) is 17.8. The van der Waals surface area contributed by atoms with Crippen molar-refractivity contribution in [3.8, 4) is 0 Å². The van der Waals surface area contributed by atoms with Gasteiger partial charge in [0.05, 0.1) is 18.8 Å². The lowest BCUT2D eigenvalue weighted by Gasteiger charge is -2.28. The summed E-state index contributed by atoms with van der Waals surface area (Å²) in [6, 6.07) is -0.313. The van der Waals surface area contributed by atoms with Gasteiger partial charge in [-0.15, -0.1) is 0 Å². The molecule has 2 aliphatic heterocycles. The molecular formula is C17H30N4O4. The molecule has 0 bridgehead atoms. The Hall–Kier alpha value is -1.38. The van der Waals surface area contributed by atoms with Gasteiger partial charge in [-0.05, 0) is 32.2 Å². The first-order chi connectivity index (χ1) is 12.0. The van der Waals surface area contributed by atoms with Gasteiger partial charge >= 0.3 is 6.03 Å². The summed E-state index contributed by atoms with van der Waals surface area (Å²) in [5.74, 6) is 0.112. The van der Waals surface area contributed by atoms with Crippen molar-refractivity contribution in [3.05, 3.63) is 0 Å². The Bertz CT molecular complexity index is 485. The van der Waals surface area contributed by atoms with E-state index in [1.807, 2.05) is 4.90 Å². The Balaban J connectivity index is 1.42. The summed E-state index contributed by atoms with van der Waals surface area (Å²) in [6.07, 6.45) is 3.14. The van der Waals surface area contributed by atoms with Gasteiger partial charge in [0.1, 0.15) is 6.10 Å². The van der Waals surface area contributed by atoms with E-state index >= 15 is 0 Å². The highest BCUT2D eigenvalue weighted by Crippen LogP contribution is 2.19. The van der Waals surface area contributed by atoms with E-state index in [9.17, 15) is 14.7 Å². The first kappa shape index (κ1) is 18.4. The maximum atomic E-state index is 12.0. The van der Waals surface area contributed by atoms with Crippen LogP contribution in [0.15, 0.2) is 0 Å². The van der Waals surface area contributed by atoms with Crippen molar-refractivity contribution in [3.63, 3.8) is 0 Å². The average Bonchev–Trinajstić information content (AvgIpc) is 2.75. The van der Waals surface area contributed by atoms with Crippen LogP contribution in [0.25, 0.3) is 0 Å². The fraction of sp³-hybridized carbons (Fsp3) is 0.882. The van der Waals surface area contributed by atoms with Gasteiger partial charge in [0.15, 0.2) is 0 Å². The minimum atomic E-state index is -0.709. The van der Waals surface area contributed by atoms with E-state index in [2.05, 4.69) is 15.5 Å². The van der Waals surface area contributed by atoms with Crippen LogP contribution in [0.1, 0.15) is 32.6 Å². The van der Waals surface area contributed by atoms with Crippen LogP contribution in [-0.4, -0.2) is 90.5 Å². The highest BCUT2D eigenvalue weighted by atomic mass is 16.5. The van der Waals surface area contributed by atoms with Crippen molar-refractivity contribution < 1.29 is 19.4 Å². The van der Waals surface area contributed by atoms with Crippen molar-refractivity contribution in [2.75, 3.05) is 39.3 Å². The standard InChI is InChI=1S/C17H30N4O4/c1-12(22)21-7-3-6-20(8-9-21)10-15-16(23)14(11-25-15)19-17(24)18-13-4-2-5-13/h13-16,23H,2-11H2,1H3,(H2,18,19,24). The third kappa shape index (κ3) is 4.83. The summed E-state index contributed by atoms with van der Waals surface area (Å²) in [5.41, 5.74) is 0. The molecule has 0 spiro atoms. The summed E-state index contributed by atoms with van der Waals surface area (Å²) < 4.78 is 5.73. The van der Waals surface area contributed by atoms with Crippen molar-refractivity contribution in [2.45, 2.75) is 56.9 Å². The molecule has 25 heavy (non-hydrogen) atoms. The topological polar surface area (TPSA) is 94.1 Å². The van der Waals surface area contributed by atoms with Crippen molar-refractivity contribution >= 4 is 11.9 Å². The number of aliphatic hydroxyl groups excluding tert-OH is 1. The zero-order valence-electron chi connectivity index (χ0n) is 14.9. The molecule has 1 aliphatic carbocycles. The Morgan fingerprint density at radius 3 is 2.60 bits per heavy atom. The van der Waals surface area contributed by atoms with Crippen LogP contribution in [-0.2, 0) is 9.53 Å². The van der Waals surface area contributed by atoms with Crippen LogP contribution in [0.2, 0.25) is 0 Å². The van der Waals surface area contributed by atoms with E-state index in [4.69, 9.17) is 4.74 Å². The summed E-state index contributed by atoms with van der Waals surface area (Å²) >= 11 is 0. The maximum absolute atomic E-state index is 12.0. The second-order valence-corrected chi connectivity index (χ2v) is 7.37. The molecule has 0 aromatic rings. The first-order valence-electron chi connectivity index (χ1n) is 9.37. The highest BCUT2D eigenvalue weighted by Gasteiger charge is 2.38. The van der Waals surface area contributed by atoms with Crippen molar-refractivity contribution in [1.82, 2.24) is 20.4 Å². The van der Waals surface area contributed by atoms with Gasteiger partial charge in [0.2, 0.25) is 5.91 Å². The number of urea groups is 1. The number of amides is 3. The quantitative estimate of drug-likeness (QED) is 0.634. The fourth-order valence-corrected chi connectivity index (χ4v) is 3.64. The first-order valence-corrected chi connectivity index (χ1v) is 9.37. The number of hydrogen-bond donors (Lipinski definition) is 3. The van der Waals surface area contributed by atoms with E-state index in [0.29, 0.717) is 19.7 Å². The van der Waals surface area contributed by atoms with E-state index in [0.717, 1.165) is 38.9 Å². The number of aliphatic hydroxyl groups is 1. The molecule has 3 N–H and O–H groups in total. The molecular weight excluding hydrogens is 324 g/mol. The van der Waals surface area contributed by atoms with Crippen LogP contribution in [0.3, 0.4) is 0 Å². The molecule has 3 rings (SSSR count). The smallest absolute Gasteiger partial charge is 0.315 e. The summed E-state index contributed by atoms with van der Waals surface area (Å²) in [5, 5.41) is 16.2. The molecule has 142 valence electrons. The molecule has 0 aromatic heterocycles. The third-order valence-electron chi connectivity index (χ3n) is 5.51. The number of carbonyl (C=O) groups excluding carboxylic acids is 2. The van der Waals surface area contributed by atoms with Gasteiger partial charge in [-0.25, -0.2) is 4.79 Å². The lowest BCUT2D eigenvalue weighted by atomic mass is 9.93. The number of ether oxygens (including phenoxy) is 1. The fourth-order valence-electron chi connectivity index (χ4n) is 3.64. The summed E-state index contributed by atoms with van der Waals surface area (Å²) in [4.78, 5) is 27.5. The molecule has 3 aliphatic rings. The average molecular weight is 354 g/mol. The summed E-state index contributed by atoms with van der Waals surface area (Å²) in [7, 11) is 0. The lowest BCUT2D eigenvalue weighted by molar-refractivity contribution is -0.128. The largest absolute Gasteiger partial charge is 0.388 e. The molecule has 2 heterocycles. The van der Waals surface area contributed by atoms with Crippen LogP contribution < -0.4 is 10.6 Å². The Labute approximate surface area is 148 Å². The van der Waals surface area contributed by atoms with E-state index < -0.39 is 6.10 Å². The number of nitrogens with one attached hydrogen (secondary N) is 2. The predicted molar refractivity (Wildman–Crippen MR) is 92.2 cm³/mol. The van der Waals surface area contributed by atoms with Gasteiger partial charge in [-0.2, -0.15) is 0 Å². The number of hydrogen-bond acceptors (Lipinski definition) is 5. The number of nitrogens with zero attached hydrogens (tertiary/aromatic N) is 2. The number of rotatable bonds is 4. The summed E-state index contributed by atoms with van der Waals surface area (Å²) in [6.45, 7) is 5.72. The van der Waals surface area contributed by atoms with Gasteiger partial charge in [-0.3, -0.25) is 9.69 Å². The number of carbonyl (C=O) groups is 2.